The maximum Gasteiger partial charge on any atom is 0.218 e. The first-order valence-electron chi connectivity index (χ1n) is 3.04. The first-order chi connectivity index (χ1) is 5.43. The van der Waals surface area contributed by atoms with Crippen molar-refractivity contribution in [2.45, 2.75) is 3.79 Å². The van der Waals surface area contributed by atoms with Crippen LogP contribution in [0.4, 0.5) is 10.1 Å². The van der Waals surface area contributed by atoms with Crippen molar-refractivity contribution in [2.75, 3.05) is 5.73 Å². The van der Waals surface area contributed by atoms with E-state index in [1.54, 1.807) is 0 Å². The zero-order valence-corrected chi connectivity index (χ0v) is 8.09. The minimum absolute atomic E-state index is 0.0289. The summed E-state index contributed by atoms with van der Waals surface area (Å²) in [7, 11) is 0. The van der Waals surface area contributed by atoms with E-state index >= 15 is 0 Å². The first-order valence-corrected chi connectivity index (χ1v) is 4.17. The van der Waals surface area contributed by atoms with Crippen molar-refractivity contribution in [1.29, 1.82) is 0 Å². The van der Waals surface area contributed by atoms with Crippen LogP contribution in [0.5, 0.6) is 0 Å². The van der Waals surface area contributed by atoms with E-state index in [1.165, 1.54) is 18.2 Å². The SMILES string of the molecule is Nc1cccc(C(Cl)(Cl)Cl)c1F. The number of hydrogen-bond acceptors (Lipinski definition) is 1. The molecule has 0 heterocycles. The fourth-order valence-corrected chi connectivity index (χ4v) is 1.21. The fourth-order valence-electron chi connectivity index (χ4n) is 0.769. The van der Waals surface area contributed by atoms with Gasteiger partial charge in [0.25, 0.3) is 0 Å². The zero-order valence-electron chi connectivity index (χ0n) is 5.82. The molecule has 2 N–H and O–H groups in total. The molecule has 1 aromatic rings. The Morgan fingerprint density at radius 3 is 2.25 bits per heavy atom. The molecule has 0 unspecified atom stereocenters. The summed E-state index contributed by atoms with van der Waals surface area (Å²) in [6.07, 6.45) is 0. The summed E-state index contributed by atoms with van der Waals surface area (Å²) < 4.78 is 11.4. The molecule has 0 aliphatic carbocycles. The Labute approximate surface area is 84.2 Å². The summed E-state index contributed by atoms with van der Waals surface area (Å²) >= 11 is 16.4. The molecular formula is C7H5Cl3FN. The molecule has 66 valence electrons. The molecule has 0 saturated carbocycles. The number of benzene rings is 1. The molecule has 0 saturated heterocycles. The van der Waals surface area contributed by atoms with Gasteiger partial charge in [0.05, 0.1) is 5.69 Å². The topological polar surface area (TPSA) is 26.0 Å². The van der Waals surface area contributed by atoms with E-state index in [2.05, 4.69) is 0 Å². The molecule has 1 nitrogen and oxygen atoms in total. The van der Waals surface area contributed by atoms with Gasteiger partial charge >= 0.3 is 0 Å². The summed E-state index contributed by atoms with van der Waals surface area (Å²) in [5.74, 6) is -0.683. The molecule has 5 heteroatoms. The molecule has 0 aliphatic heterocycles. The Balaban J connectivity index is 3.26. The van der Waals surface area contributed by atoms with Gasteiger partial charge in [-0.3, -0.25) is 0 Å². The lowest BCUT2D eigenvalue weighted by Crippen LogP contribution is -2.05. The molecule has 0 radical (unpaired) electrons. The smallest absolute Gasteiger partial charge is 0.218 e. The molecular weight excluding hydrogens is 223 g/mol. The number of halogens is 4. The second kappa shape index (κ2) is 3.29. The van der Waals surface area contributed by atoms with Gasteiger partial charge in [0.2, 0.25) is 3.79 Å². The molecule has 0 aromatic heterocycles. The highest BCUT2D eigenvalue weighted by atomic mass is 35.6. The number of nitrogens with two attached hydrogens (primary N) is 1. The van der Waals surface area contributed by atoms with Crippen LogP contribution >= 0.6 is 34.8 Å². The monoisotopic (exact) mass is 227 g/mol. The van der Waals surface area contributed by atoms with Crippen LogP contribution < -0.4 is 5.73 Å². The van der Waals surface area contributed by atoms with Gasteiger partial charge in [-0.1, -0.05) is 46.9 Å². The lowest BCUT2D eigenvalue weighted by Gasteiger charge is -2.12. The predicted octanol–water partition coefficient (Wildman–Crippen LogP) is 3.23. The minimum Gasteiger partial charge on any atom is -0.396 e. The zero-order chi connectivity index (χ0) is 9.35. The van der Waals surface area contributed by atoms with Gasteiger partial charge in [-0.15, -0.1) is 0 Å². The summed E-state index contributed by atoms with van der Waals surface area (Å²) in [6, 6.07) is 4.30. The van der Waals surface area contributed by atoms with Gasteiger partial charge in [0, 0.05) is 5.56 Å². The Morgan fingerprint density at radius 1 is 1.25 bits per heavy atom. The third-order valence-corrected chi connectivity index (χ3v) is 1.94. The number of rotatable bonds is 0. The van der Waals surface area contributed by atoms with Gasteiger partial charge in [-0.05, 0) is 6.07 Å². The maximum atomic E-state index is 13.1. The molecule has 0 amide bonds. The molecule has 0 bridgehead atoms. The predicted molar refractivity (Wildman–Crippen MR) is 50.0 cm³/mol. The Bertz CT molecular complexity index is 295. The van der Waals surface area contributed by atoms with Gasteiger partial charge in [-0.25, -0.2) is 4.39 Å². The van der Waals surface area contributed by atoms with Crippen LogP contribution in [0.25, 0.3) is 0 Å². The normalized spacial score (nSPS) is 11.7. The quantitative estimate of drug-likeness (QED) is 0.535. The minimum atomic E-state index is -1.76. The van der Waals surface area contributed by atoms with E-state index in [9.17, 15) is 4.39 Å². The number of nitrogen functional groups attached to an aromatic ring is 1. The van der Waals surface area contributed by atoms with E-state index < -0.39 is 9.61 Å². The molecule has 1 aromatic carbocycles. The van der Waals surface area contributed by atoms with E-state index in [0.29, 0.717) is 0 Å². The second-order valence-corrected chi connectivity index (χ2v) is 4.49. The Morgan fingerprint density at radius 2 is 1.83 bits per heavy atom. The molecule has 0 atom stereocenters. The molecule has 1 rings (SSSR count). The fraction of sp³-hybridized carbons (Fsp3) is 0.143. The van der Waals surface area contributed by atoms with Crippen molar-refractivity contribution in [3.63, 3.8) is 0 Å². The lowest BCUT2D eigenvalue weighted by atomic mass is 10.2. The van der Waals surface area contributed by atoms with Crippen molar-refractivity contribution < 1.29 is 4.39 Å². The van der Waals surface area contributed by atoms with Gasteiger partial charge in [0.15, 0.2) is 5.82 Å². The maximum absolute atomic E-state index is 13.1. The highest BCUT2D eigenvalue weighted by Crippen LogP contribution is 2.40. The van der Waals surface area contributed by atoms with Crippen LogP contribution in [0.2, 0.25) is 0 Å². The van der Waals surface area contributed by atoms with Crippen molar-refractivity contribution in [3.05, 3.63) is 29.6 Å². The standard InChI is InChI=1S/C7H5Cl3FN/c8-7(9,10)4-2-1-3-5(12)6(4)11/h1-3H,12H2. The molecule has 0 aliphatic rings. The van der Waals surface area contributed by atoms with E-state index in [1.807, 2.05) is 0 Å². The summed E-state index contributed by atoms with van der Waals surface area (Å²) in [5.41, 5.74) is 5.20. The summed E-state index contributed by atoms with van der Waals surface area (Å²) in [5, 5.41) is 0. The molecule has 0 spiro atoms. The Hall–Kier alpha value is -0.180. The third-order valence-electron chi connectivity index (χ3n) is 1.33. The third kappa shape index (κ3) is 1.94. The molecule has 12 heavy (non-hydrogen) atoms. The van der Waals surface area contributed by atoms with E-state index in [4.69, 9.17) is 40.5 Å². The first kappa shape index (κ1) is 9.90. The summed E-state index contributed by atoms with van der Waals surface area (Å²) in [6.45, 7) is 0. The van der Waals surface area contributed by atoms with Gasteiger partial charge in [-0.2, -0.15) is 0 Å². The van der Waals surface area contributed by atoms with Crippen LogP contribution in [0.3, 0.4) is 0 Å². The number of alkyl halides is 3. The van der Waals surface area contributed by atoms with Crippen LogP contribution in [0.1, 0.15) is 5.56 Å². The number of anilines is 1. The van der Waals surface area contributed by atoms with Crippen LogP contribution in [0, 0.1) is 5.82 Å². The molecule has 0 fully saturated rings. The number of hydrogen-bond donors (Lipinski definition) is 1. The van der Waals surface area contributed by atoms with Gasteiger partial charge in [0.1, 0.15) is 0 Å². The second-order valence-electron chi connectivity index (χ2n) is 2.21. The summed E-state index contributed by atoms with van der Waals surface area (Å²) in [4.78, 5) is 0. The van der Waals surface area contributed by atoms with Crippen LogP contribution in [-0.2, 0) is 3.79 Å². The van der Waals surface area contributed by atoms with Crippen molar-refractivity contribution in [2.24, 2.45) is 0 Å². The average Bonchev–Trinajstić information content (AvgIpc) is 1.92. The van der Waals surface area contributed by atoms with Crippen molar-refractivity contribution in [3.8, 4) is 0 Å². The Kier molecular flexibility index (Phi) is 2.71. The van der Waals surface area contributed by atoms with Crippen molar-refractivity contribution in [1.82, 2.24) is 0 Å². The average molecular weight is 228 g/mol. The largest absolute Gasteiger partial charge is 0.396 e. The van der Waals surface area contributed by atoms with E-state index in [0.717, 1.165) is 0 Å². The highest BCUT2D eigenvalue weighted by molar-refractivity contribution is 6.66. The van der Waals surface area contributed by atoms with Crippen LogP contribution in [-0.4, -0.2) is 0 Å². The van der Waals surface area contributed by atoms with Crippen molar-refractivity contribution >= 4 is 40.5 Å². The lowest BCUT2D eigenvalue weighted by molar-refractivity contribution is 0.618. The highest BCUT2D eigenvalue weighted by Gasteiger charge is 2.27. The van der Waals surface area contributed by atoms with Gasteiger partial charge < -0.3 is 5.73 Å². The van der Waals surface area contributed by atoms with Crippen LogP contribution in [0.15, 0.2) is 18.2 Å². The van der Waals surface area contributed by atoms with E-state index in [-0.39, 0.29) is 11.3 Å².